The molecular formula is C12H16N6O5. The fraction of sp³-hybridized carbons (Fsp3) is 0.500. The van der Waals surface area contributed by atoms with Crippen LogP contribution in [0.3, 0.4) is 0 Å². The molecule has 0 radical (unpaired) electrons. The monoisotopic (exact) mass is 324 g/mol. The summed E-state index contributed by atoms with van der Waals surface area (Å²) in [5, 5.41) is 22.5. The smallest absolute Gasteiger partial charge is 0.406 e. The van der Waals surface area contributed by atoms with Crippen molar-refractivity contribution in [2.75, 3.05) is 19.4 Å². The quantitative estimate of drug-likeness (QED) is 0.521. The van der Waals surface area contributed by atoms with E-state index in [1.54, 1.807) is 0 Å². The van der Waals surface area contributed by atoms with Gasteiger partial charge < -0.3 is 30.7 Å². The van der Waals surface area contributed by atoms with Gasteiger partial charge in [0, 0.05) is 7.05 Å². The fourth-order valence-corrected chi connectivity index (χ4v) is 2.38. The zero-order valence-corrected chi connectivity index (χ0v) is 12.2. The number of nitrogen functional groups attached to an aromatic ring is 1. The molecule has 1 aliphatic rings. The third kappa shape index (κ3) is 2.65. The Kier molecular flexibility index (Phi) is 3.98. The van der Waals surface area contributed by atoms with Crippen LogP contribution in [-0.2, 0) is 9.47 Å². The van der Waals surface area contributed by atoms with E-state index in [4.69, 9.17) is 15.2 Å². The molecule has 2 aromatic rings. The first-order chi connectivity index (χ1) is 11.0. The van der Waals surface area contributed by atoms with Crippen molar-refractivity contribution in [3.63, 3.8) is 0 Å². The Hall–Kier alpha value is -2.50. The third-order valence-electron chi connectivity index (χ3n) is 3.58. The molecule has 5 N–H and O–H groups in total. The van der Waals surface area contributed by atoms with Gasteiger partial charge in [0.2, 0.25) is 0 Å². The second-order valence-electron chi connectivity index (χ2n) is 4.98. The summed E-state index contributed by atoms with van der Waals surface area (Å²) in [5.41, 5.74) is 6.44. The molecule has 0 bridgehead atoms. The molecule has 124 valence electrons. The summed E-state index contributed by atoms with van der Waals surface area (Å²) < 4.78 is 11.9. The van der Waals surface area contributed by atoms with Crippen molar-refractivity contribution in [3.05, 3.63) is 12.7 Å². The molecule has 0 spiro atoms. The number of ether oxygens (including phenoxy) is 2. The van der Waals surface area contributed by atoms with Crippen LogP contribution in [-0.4, -0.2) is 67.8 Å². The van der Waals surface area contributed by atoms with Crippen LogP contribution in [0.1, 0.15) is 6.23 Å². The van der Waals surface area contributed by atoms with Crippen LogP contribution in [0.15, 0.2) is 12.7 Å². The number of aliphatic hydroxyl groups is 2. The van der Waals surface area contributed by atoms with Crippen molar-refractivity contribution in [2.45, 2.75) is 24.5 Å². The number of hydrogen-bond donors (Lipinski definition) is 4. The van der Waals surface area contributed by atoms with Crippen LogP contribution in [0.4, 0.5) is 10.6 Å². The van der Waals surface area contributed by atoms with Crippen molar-refractivity contribution < 1.29 is 24.5 Å². The second-order valence-corrected chi connectivity index (χ2v) is 4.98. The predicted molar refractivity (Wildman–Crippen MR) is 76.1 cm³/mol. The molecule has 1 saturated heterocycles. The van der Waals surface area contributed by atoms with Crippen LogP contribution in [0.2, 0.25) is 0 Å². The van der Waals surface area contributed by atoms with Gasteiger partial charge in [0.05, 0.1) is 6.33 Å². The van der Waals surface area contributed by atoms with E-state index in [0.29, 0.717) is 11.2 Å². The zero-order valence-electron chi connectivity index (χ0n) is 12.2. The number of fused-ring (bicyclic) bond motifs is 1. The molecular weight excluding hydrogens is 308 g/mol. The lowest BCUT2D eigenvalue weighted by Gasteiger charge is -2.16. The van der Waals surface area contributed by atoms with Gasteiger partial charge in [-0.2, -0.15) is 0 Å². The van der Waals surface area contributed by atoms with E-state index >= 15 is 0 Å². The first-order valence-electron chi connectivity index (χ1n) is 6.82. The summed E-state index contributed by atoms with van der Waals surface area (Å²) in [6.45, 7) is -0.210. The van der Waals surface area contributed by atoms with Gasteiger partial charge in [-0.3, -0.25) is 4.57 Å². The summed E-state index contributed by atoms with van der Waals surface area (Å²) in [5.74, 6) is 0.196. The highest BCUT2D eigenvalue weighted by Gasteiger charge is 2.44. The average molecular weight is 324 g/mol. The highest BCUT2D eigenvalue weighted by atomic mass is 16.6. The van der Waals surface area contributed by atoms with Gasteiger partial charge in [-0.15, -0.1) is 0 Å². The second kappa shape index (κ2) is 5.95. The van der Waals surface area contributed by atoms with Crippen LogP contribution in [0.5, 0.6) is 0 Å². The largest absolute Gasteiger partial charge is 0.447 e. The minimum Gasteiger partial charge on any atom is -0.447 e. The zero-order chi connectivity index (χ0) is 16.6. The molecule has 11 nitrogen and oxygen atoms in total. The van der Waals surface area contributed by atoms with E-state index in [-0.39, 0.29) is 12.4 Å². The van der Waals surface area contributed by atoms with E-state index in [9.17, 15) is 15.0 Å². The first-order valence-corrected chi connectivity index (χ1v) is 6.82. The summed E-state index contributed by atoms with van der Waals surface area (Å²) >= 11 is 0. The summed E-state index contributed by atoms with van der Waals surface area (Å²) in [7, 11) is 1.41. The predicted octanol–water partition coefficient (Wildman–Crippen LogP) is -1.62. The number of rotatable bonds is 3. The number of carbonyl (C=O) groups excluding carboxylic acids is 1. The van der Waals surface area contributed by atoms with Gasteiger partial charge in [0.1, 0.15) is 36.8 Å². The van der Waals surface area contributed by atoms with Gasteiger partial charge in [0.15, 0.2) is 17.7 Å². The molecule has 2 aromatic heterocycles. The molecule has 4 atom stereocenters. The molecule has 1 aliphatic heterocycles. The average Bonchev–Trinajstić information content (AvgIpc) is 3.09. The number of anilines is 1. The molecule has 3 rings (SSSR count). The molecule has 23 heavy (non-hydrogen) atoms. The SMILES string of the molecule is CNC(=O)OC[C@H]1O[C@@H](n2cnc3c(N)ncnc32)[C@H](O)[C@@H]1O. The van der Waals surface area contributed by atoms with Crippen molar-refractivity contribution in [2.24, 2.45) is 0 Å². The Morgan fingerprint density at radius 1 is 1.43 bits per heavy atom. The number of aliphatic hydroxyl groups excluding tert-OH is 2. The van der Waals surface area contributed by atoms with Gasteiger partial charge in [0.25, 0.3) is 0 Å². The Bertz CT molecular complexity index is 721. The lowest BCUT2D eigenvalue weighted by atomic mass is 10.1. The maximum atomic E-state index is 11.1. The van der Waals surface area contributed by atoms with Crippen molar-refractivity contribution in [3.8, 4) is 0 Å². The van der Waals surface area contributed by atoms with Crippen molar-refractivity contribution >= 4 is 23.1 Å². The number of amides is 1. The molecule has 1 fully saturated rings. The van der Waals surface area contributed by atoms with E-state index in [1.165, 1.54) is 24.3 Å². The molecule has 0 saturated carbocycles. The maximum absolute atomic E-state index is 11.1. The number of imidazole rings is 1. The van der Waals surface area contributed by atoms with E-state index in [1.807, 2.05) is 0 Å². The highest BCUT2D eigenvalue weighted by Crippen LogP contribution is 2.32. The number of hydrogen-bond acceptors (Lipinski definition) is 9. The number of aromatic nitrogens is 4. The van der Waals surface area contributed by atoms with E-state index in [2.05, 4.69) is 20.3 Å². The molecule has 0 unspecified atom stereocenters. The number of nitrogens with one attached hydrogen (secondary N) is 1. The lowest BCUT2D eigenvalue weighted by molar-refractivity contribution is -0.0531. The summed E-state index contributed by atoms with van der Waals surface area (Å²) in [6, 6.07) is 0. The topological polar surface area (TPSA) is 158 Å². The normalized spacial score (nSPS) is 27.3. The number of nitrogens with zero attached hydrogens (tertiary/aromatic N) is 4. The van der Waals surface area contributed by atoms with Crippen molar-refractivity contribution in [1.82, 2.24) is 24.8 Å². The molecule has 0 aliphatic carbocycles. The van der Waals surface area contributed by atoms with Gasteiger partial charge in [-0.1, -0.05) is 0 Å². The highest BCUT2D eigenvalue weighted by molar-refractivity contribution is 5.81. The third-order valence-corrected chi connectivity index (χ3v) is 3.58. The first kappa shape index (κ1) is 15.4. The number of alkyl carbamates (subject to hydrolysis) is 1. The molecule has 11 heteroatoms. The number of nitrogens with two attached hydrogens (primary N) is 1. The molecule has 1 amide bonds. The van der Waals surface area contributed by atoms with Gasteiger partial charge >= 0.3 is 6.09 Å². The minimum atomic E-state index is -1.25. The van der Waals surface area contributed by atoms with E-state index in [0.717, 1.165) is 0 Å². The Morgan fingerprint density at radius 3 is 2.96 bits per heavy atom. The van der Waals surface area contributed by atoms with Crippen LogP contribution < -0.4 is 11.1 Å². The lowest BCUT2D eigenvalue weighted by Crippen LogP contribution is -2.35. The Morgan fingerprint density at radius 2 is 2.22 bits per heavy atom. The summed E-state index contributed by atoms with van der Waals surface area (Å²) in [4.78, 5) is 23.1. The van der Waals surface area contributed by atoms with E-state index < -0.39 is 30.6 Å². The van der Waals surface area contributed by atoms with Crippen LogP contribution in [0, 0.1) is 0 Å². The van der Waals surface area contributed by atoms with Crippen LogP contribution in [0.25, 0.3) is 11.2 Å². The molecule has 3 heterocycles. The molecule has 0 aromatic carbocycles. The van der Waals surface area contributed by atoms with Crippen LogP contribution >= 0.6 is 0 Å². The standard InChI is InChI=1S/C12H16N6O5/c1-14-12(21)22-2-5-7(19)8(20)11(23-5)18-4-17-6-9(13)15-3-16-10(6)18/h3-5,7-8,11,19-20H,2H2,1H3,(H,14,21)(H2,13,15,16)/t5-,7-,8-,11-/m1/s1. The Labute approximate surface area is 130 Å². The fourth-order valence-electron chi connectivity index (χ4n) is 2.38. The van der Waals surface area contributed by atoms with Gasteiger partial charge in [-0.25, -0.2) is 19.7 Å². The minimum absolute atomic E-state index is 0.196. The number of carbonyl (C=O) groups is 1. The van der Waals surface area contributed by atoms with Gasteiger partial charge in [-0.05, 0) is 0 Å². The maximum Gasteiger partial charge on any atom is 0.406 e. The summed E-state index contributed by atoms with van der Waals surface area (Å²) in [6.07, 6.45) is -2.32. The van der Waals surface area contributed by atoms with Crippen molar-refractivity contribution in [1.29, 1.82) is 0 Å². The Balaban J connectivity index is 1.82.